The van der Waals surface area contributed by atoms with Crippen LogP contribution < -0.4 is 5.73 Å². The fourth-order valence-corrected chi connectivity index (χ4v) is 2.72. The third kappa shape index (κ3) is 3.38. The summed E-state index contributed by atoms with van der Waals surface area (Å²) >= 11 is 1.78. The van der Waals surface area contributed by atoms with Crippen molar-refractivity contribution in [2.75, 3.05) is 32.1 Å². The summed E-state index contributed by atoms with van der Waals surface area (Å²) in [6.07, 6.45) is 5.39. The van der Waals surface area contributed by atoms with Gasteiger partial charge in [-0.2, -0.15) is 11.8 Å². The molecule has 4 heteroatoms. The Hall–Kier alpha value is -0.220. The first-order valence-corrected chi connectivity index (χ1v) is 7.04. The minimum absolute atomic E-state index is 0.196. The van der Waals surface area contributed by atoms with Crippen molar-refractivity contribution in [2.45, 2.75) is 19.3 Å². The monoisotopic (exact) mass is 230 g/mol. The summed E-state index contributed by atoms with van der Waals surface area (Å²) in [7, 11) is 1.91. The van der Waals surface area contributed by atoms with E-state index in [2.05, 4.69) is 6.26 Å². The number of carbonyl (C=O) groups is 1. The molecule has 1 rings (SSSR count). The van der Waals surface area contributed by atoms with Gasteiger partial charge in [0.05, 0.1) is 0 Å². The Kier molecular flexibility index (Phi) is 5.47. The molecule has 88 valence electrons. The summed E-state index contributed by atoms with van der Waals surface area (Å²) in [5.41, 5.74) is 5.69. The Morgan fingerprint density at radius 2 is 2.27 bits per heavy atom. The van der Waals surface area contributed by atoms with E-state index in [0.29, 0.717) is 18.4 Å². The van der Waals surface area contributed by atoms with Crippen LogP contribution in [0.15, 0.2) is 0 Å². The average molecular weight is 230 g/mol. The number of rotatable bonds is 5. The minimum atomic E-state index is 0.196. The molecule has 0 aromatic rings. The van der Waals surface area contributed by atoms with Crippen LogP contribution in [0.25, 0.3) is 0 Å². The molecule has 1 saturated carbocycles. The van der Waals surface area contributed by atoms with Crippen LogP contribution in [0.2, 0.25) is 0 Å². The van der Waals surface area contributed by atoms with Gasteiger partial charge in [-0.25, -0.2) is 0 Å². The van der Waals surface area contributed by atoms with Crippen LogP contribution in [0.1, 0.15) is 19.3 Å². The van der Waals surface area contributed by atoms with E-state index >= 15 is 0 Å². The average Bonchev–Trinajstić information content (AvgIpc) is 2.72. The van der Waals surface area contributed by atoms with Crippen molar-refractivity contribution in [3.05, 3.63) is 0 Å². The maximum Gasteiger partial charge on any atom is 0.225 e. The van der Waals surface area contributed by atoms with Gasteiger partial charge in [0, 0.05) is 25.3 Å². The maximum atomic E-state index is 12.1. The highest BCUT2D eigenvalue weighted by molar-refractivity contribution is 7.98. The highest BCUT2D eigenvalue weighted by Gasteiger charge is 2.33. The van der Waals surface area contributed by atoms with Gasteiger partial charge in [0.15, 0.2) is 0 Å². The van der Waals surface area contributed by atoms with Gasteiger partial charge in [-0.1, -0.05) is 6.42 Å². The van der Waals surface area contributed by atoms with Crippen molar-refractivity contribution in [1.29, 1.82) is 0 Å². The van der Waals surface area contributed by atoms with E-state index in [4.69, 9.17) is 5.73 Å². The number of amides is 1. The fourth-order valence-electron chi connectivity index (χ4n) is 2.27. The number of nitrogens with zero attached hydrogens (tertiary/aromatic N) is 1. The molecule has 15 heavy (non-hydrogen) atoms. The summed E-state index contributed by atoms with van der Waals surface area (Å²) in [5.74, 6) is 1.94. The molecule has 0 radical (unpaired) electrons. The van der Waals surface area contributed by atoms with Crippen LogP contribution >= 0.6 is 11.8 Å². The van der Waals surface area contributed by atoms with Crippen LogP contribution in [0.3, 0.4) is 0 Å². The molecule has 1 aliphatic rings. The standard InChI is InChI=1S/C11H22N2OS/c1-13(6-7-15-2)11(14)10-5-3-4-9(10)8-12/h9-10H,3-8,12H2,1-2H3. The van der Waals surface area contributed by atoms with Crippen molar-refractivity contribution in [3.63, 3.8) is 0 Å². The van der Waals surface area contributed by atoms with E-state index in [0.717, 1.165) is 31.6 Å². The van der Waals surface area contributed by atoms with Gasteiger partial charge in [0.2, 0.25) is 5.91 Å². The van der Waals surface area contributed by atoms with Crippen LogP contribution in [-0.4, -0.2) is 43.0 Å². The van der Waals surface area contributed by atoms with E-state index in [9.17, 15) is 4.79 Å². The molecule has 1 aliphatic carbocycles. The Morgan fingerprint density at radius 1 is 1.53 bits per heavy atom. The lowest BCUT2D eigenvalue weighted by Crippen LogP contribution is -2.37. The topological polar surface area (TPSA) is 46.3 Å². The highest BCUT2D eigenvalue weighted by Crippen LogP contribution is 2.32. The van der Waals surface area contributed by atoms with Crippen molar-refractivity contribution in [3.8, 4) is 0 Å². The van der Waals surface area contributed by atoms with Gasteiger partial charge in [-0.05, 0) is 31.6 Å². The summed E-state index contributed by atoms with van der Waals surface area (Å²) in [4.78, 5) is 14.0. The molecule has 0 saturated heterocycles. The molecule has 2 unspecified atom stereocenters. The number of nitrogens with two attached hydrogens (primary N) is 1. The molecule has 0 aromatic carbocycles. The largest absolute Gasteiger partial charge is 0.345 e. The van der Waals surface area contributed by atoms with Crippen molar-refractivity contribution < 1.29 is 4.79 Å². The molecule has 0 bridgehead atoms. The third-order valence-electron chi connectivity index (χ3n) is 3.29. The van der Waals surface area contributed by atoms with Gasteiger partial charge < -0.3 is 10.6 Å². The first kappa shape index (κ1) is 12.8. The fraction of sp³-hybridized carbons (Fsp3) is 0.909. The quantitative estimate of drug-likeness (QED) is 0.771. The second kappa shape index (κ2) is 6.38. The predicted molar refractivity (Wildman–Crippen MR) is 65.9 cm³/mol. The molecule has 3 nitrogen and oxygen atoms in total. The normalized spacial score (nSPS) is 25.5. The first-order chi connectivity index (χ1) is 7.20. The number of hydrogen-bond acceptors (Lipinski definition) is 3. The molecule has 0 aromatic heterocycles. The molecular formula is C11H22N2OS. The zero-order chi connectivity index (χ0) is 11.3. The zero-order valence-electron chi connectivity index (χ0n) is 9.74. The van der Waals surface area contributed by atoms with Crippen molar-refractivity contribution >= 4 is 17.7 Å². The predicted octanol–water partition coefficient (Wildman–Crippen LogP) is 1.18. The number of thioether (sulfide) groups is 1. The molecular weight excluding hydrogens is 208 g/mol. The van der Waals surface area contributed by atoms with Crippen molar-refractivity contribution in [1.82, 2.24) is 4.90 Å². The smallest absolute Gasteiger partial charge is 0.225 e. The Balaban J connectivity index is 2.44. The number of hydrogen-bond donors (Lipinski definition) is 1. The molecule has 1 fully saturated rings. The molecule has 0 spiro atoms. The van der Waals surface area contributed by atoms with Crippen LogP contribution in [0, 0.1) is 11.8 Å². The maximum absolute atomic E-state index is 12.1. The molecule has 2 N–H and O–H groups in total. The Morgan fingerprint density at radius 3 is 2.87 bits per heavy atom. The van der Waals surface area contributed by atoms with E-state index in [1.165, 1.54) is 0 Å². The highest BCUT2D eigenvalue weighted by atomic mass is 32.2. The van der Waals surface area contributed by atoms with E-state index < -0.39 is 0 Å². The van der Waals surface area contributed by atoms with Crippen LogP contribution in [-0.2, 0) is 4.79 Å². The van der Waals surface area contributed by atoms with Gasteiger partial charge in [-0.15, -0.1) is 0 Å². The lowest BCUT2D eigenvalue weighted by atomic mass is 9.95. The second-order valence-corrected chi connectivity index (χ2v) is 5.27. The second-order valence-electron chi connectivity index (χ2n) is 4.29. The van der Waals surface area contributed by atoms with E-state index in [-0.39, 0.29) is 5.92 Å². The Bertz CT molecular complexity index is 211. The molecule has 2 atom stereocenters. The van der Waals surface area contributed by atoms with Gasteiger partial charge in [0.1, 0.15) is 0 Å². The lowest BCUT2D eigenvalue weighted by Gasteiger charge is -2.24. The lowest BCUT2D eigenvalue weighted by molar-refractivity contribution is -0.134. The summed E-state index contributed by atoms with van der Waals surface area (Å²) in [6.45, 7) is 1.51. The summed E-state index contributed by atoms with van der Waals surface area (Å²) < 4.78 is 0. The summed E-state index contributed by atoms with van der Waals surface area (Å²) in [5, 5.41) is 0. The third-order valence-corrected chi connectivity index (χ3v) is 3.88. The van der Waals surface area contributed by atoms with Gasteiger partial charge in [0.25, 0.3) is 0 Å². The van der Waals surface area contributed by atoms with E-state index in [1.54, 1.807) is 11.8 Å². The Labute approximate surface area is 96.8 Å². The number of carbonyl (C=O) groups excluding carboxylic acids is 1. The van der Waals surface area contributed by atoms with E-state index in [1.807, 2.05) is 11.9 Å². The first-order valence-electron chi connectivity index (χ1n) is 5.64. The van der Waals surface area contributed by atoms with Crippen LogP contribution in [0.5, 0.6) is 0 Å². The molecule has 0 heterocycles. The van der Waals surface area contributed by atoms with Gasteiger partial charge in [-0.3, -0.25) is 4.79 Å². The molecule has 0 aliphatic heterocycles. The summed E-state index contributed by atoms with van der Waals surface area (Å²) in [6, 6.07) is 0. The van der Waals surface area contributed by atoms with Crippen molar-refractivity contribution in [2.24, 2.45) is 17.6 Å². The van der Waals surface area contributed by atoms with Crippen LogP contribution in [0.4, 0.5) is 0 Å². The SMILES string of the molecule is CSCCN(C)C(=O)C1CCCC1CN. The zero-order valence-corrected chi connectivity index (χ0v) is 10.6. The molecule has 1 amide bonds. The van der Waals surface area contributed by atoms with Gasteiger partial charge >= 0.3 is 0 Å². The minimum Gasteiger partial charge on any atom is -0.345 e.